The summed E-state index contributed by atoms with van der Waals surface area (Å²) in [7, 11) is 0. The Kier molecular flexibility index (Phi) is 5.50. The summed E-state index contributed by atoms with van der Waals surface area (Å²) in [6, 6.07) is 6.00. The molecule has 2 unspecified atom stereocenters. The predicted molar refractivity (Wildman–Crippen MR) is 84.3 cm³/mol. The summed E-state index contributed by atoms with van der Waals surface area (Å²) in [6.07, 6.45) is 2.25. The van der Waals surface area contributed by atoms with Gasteiger partial charge in [0.2, 0.25) is 5.91 Å². The highest BCUT2D eigenvalue weighted by Gasteiger charge is 2.31. The lowest BCUT2D eigenvalue weighted by Gasteiger charge is -2.27. The predicted octanol–water partition coefficient (Wildman–Crippen LogP) is 1.37. The molecule has 0 aliphatic carbocycles. The molecule has 1 aromatic carbocycles. The Morgan fingerprint density at radius 3 is 2.55 bits per heavy atom. The molecule has 6 heteroatoms. The number of carbonyl (C=O) groups is 1. The van der Waals surface area contributed by atoms with E-state index in [0.29, 0.717) is 13.0 Å². The molecular weight excluding hydrogens is 283 g/mol. The van der Waals surface area contributed by atoms with Gasteiger partial charge in [0.05, 0.1) is 0 Å². The number of carbonyl (C=O) groups excluding carboxylic acids is 1. The highest BCUT2D eigenvalue weighted by atomic mass is 19.1. The van der Waals surface area contributed by atoms with Crippen LogP contribution in [0.25, 0.3) is 0 Å². The minimum atomic E-state index is -0.349. The maximum Gasteiger partial charge on any atom is 0.238 e. The van der Waals surface area contributed by atoms with Crippen LogP contribution in [0, 0.1) is 5.82 Å². The lowest BCUT2D eigenvalue weighted by atomic mass is 9.94. The van der Waals surface area contributed by atoms with Crippen molar-refractivity contribution in [2.45, 2.75) is 50.7 Å². The molecule has 0 aromatic heterocycles. The van der Waals surface area contributed by atoms with Crippen molar-refractivity contribution < 1.29 is 9.18 Å². The SMILES string of the molecule is CCC(N)(CC)CNC(=O)C1CC(c2ccc(F)cc2)NN1. The summed E-state index contributed by atoms with van der Waals surface area (Å²) in [4.78, 5) is 12.2. The van der Waals surface area contributed by atoms with Crippen LogP contribution in [0.15, 0.2) is 24.3 Å². The largest absolute Gasteiger partial charge is 0.353 e. The van der Waals surface area contributed by atoms with Gasteiger partial charge in [-0.15, -0.1) is 0 Å². The van der Waals surface area contributed by atoms with Crippen LogP contribution in [0.5, 0.6) is 0 Å². The molecule has 1 amide bonds. The van der Waals surface area contributed by atoms with Gasteiger partial charge in [-0.2, -0.15) is 0 Å². The van der Waals surface area contributed by atoms with E-state index in [-0.39, 0.29) is 29.3 Å². The normalized spacial score (nSPS) is 21.8. The van der Waals surface area contributed by atoms with Crippen LogP contribution >= 0.6 is 0 Å². The van der Waals surface area contributed by atoms with Crippen molar-refractivity contribution in [2.24, 2.45) is 5.73 Å². The zero-order valence-electron chi connectivity index (χ0n) is 13.2. The summed E-state index contributed by atoms with van der Waals surface area (Å²) in [5.41, 5.74) is 12.9. The monoisotopic (exact) mass is 308 g/mol. The first-order valence-corrected chi connectivity index (χ1v) is 7.80. The van der Waals surface area contributed by atoms with Crippen molar-refractivity contribution in [3.05, 3.63) is 35.6 Å². The van der Waals surface area contributed by atoms with E-state index in [1.165, 1.54) is 12.1 Å². The van der Waals surface area contributed by atoms with Crippen molar-refractivity contribution in [1.82, 2.24) is 16.2 Å². The topological polar surface area (TPSA) is 79.2 Å². The molecular formula is C16H25FN4O. The maximum atomic E-state index is 12.9. The number of nitrogens with one attached hydrogen (secondary N) is 3. The van der Waals surface area contributed by atoms with Crippen LogP contribution in [-0.4, -0.2) is 24.0 Å². The minimum Gasteiger partial charge on any atom is -0.353 e. The van der Waals surface area contributed by atoms with Crippen molar-refractivity contribution in [3.63, 3.8) is 0 Å². The number of rotatable bonds is 6. The third kappa shape index (κ3) is 4.03. The van der Waals surface area contributed by atoms with Crippen LogP contribution in [0.3, 0.4) is 0 Å². The Hall–Kier alpha value is -1.50. The number of halogens is 1. The zero-order chi connectivity index (χ0) is 16.2. The van der Waals surface area contributed by atoms with E-state index < -0.39 is 0 Å². The molecule has 1 saturated heterocycles. The molecule has 1 heterocycles. The first-order valence-electron chi connectivity index (χ1n) is 7.80. The average molecular weight is 308 g/mol. The fourth-order valence-corrected chi connectivity index (χ4v) is 2.53. The van der Waals surface area contributed by atoms with Crippen LogP contribution in [0.4, 0.5) is 4.39 Å². The molecule has 0 saturated carbocycles. The number of hydrogen-bond acceptors (Lipinski definition) is 4. The van der Waals surface area contributed by atoms with Gasteiger partial charge in [-0.25, -0.2) is 15.2 Å². The van der Waals surface area contributed by atoms with Crippen LogP contribution < -0.4 is 21.9 Å². The van der Waals surface area contributed by atoms with Gasteiger partial charge in [-0.3, -0.25) is 4.79 Å². The Morgan fingerprint density at radius 2 is 1.95 bits per heavy atom. The maximum absolute atomic E-state index is 12.9. The second-order valence-electron chi connectivity index (χ2n) is 5.97. The Balaban J connectivity index is 1.87. The minimum absolute atomic E-state index is 0.00339. The molecule has 2 rings (SSSR count). The lowest BCUT2D eigenvalue weighted by molar-refractivity contribution is -0.123. The van der Waals surface area contributed by atoms with Crippen molar-refractivity contribution in [3.8, 4) is 0 Å². The lowest BCUT2D eigenvalue weighted by Crippen LogP contribution is -2.52. The summed E-state index contributed by atoms with van der Waals surface area (Å²) < 4.78 is 12.9. The first kappa shape index (κ1) is 16.9. The smallest absolute Gasteiger partial charge is 0.238 e. The molecule has 1 aromatic rings. The van der Waals surface area contributed by atoms with E-state index in [2.05, 4.69) is 16.2 Å². The van der Waals surface area contributed by atoms with Crippen molar-refractivity contribution in [1.29, 1.82) is 0 Å². The number of nitrogens with two attached hydrogens (primary N) is 1. The van der Waals surface area contributed by atoms with Crippen LogP contribution in [0.2, 0.25) is 0 Å². The highest BCUT2D eigenvalue weighted by molar-refractivity contribution is 5.82. The summed E-state index contributed by atoms with van der Waals surface area (Å²) in [5.74, 6) is -0.323. The van der Waals surface area contributed by atoms with Gasteiger partial charge < -0.3 is 11.1 Å². The fraction of sp³-hybridized carbons (Fsp3) is 0.562. The number of benzene rings is 1. The third-order valence-corrected chi connectivity index (χ3v) is 4.51. The summed E-state index contributed by atoms with van der Waals surface area (Å²) in [6.45, 7) is 4.52. The number of amides is 1. The molecule has 0 bridgehead atoms. The van der Waals surface area contributed by atoms with E-state index in [4.69, 9.17) is 5.73 Å². The van der Waals surface area contributed by atoms with Gasteiger partial charge in [0.1, 0.15) is 11.9 Å². The quantitative estimate of drug-likeness (QED) is 0.640. The van der Waals surface area contributed by atoms with Crippen molar-refractivity contribution >= 4 is 5.91 Å². The molecule has 5 nitrogen and oxygen atoms in total. The Bertz CT molecular complexity index is 501. The van der Waals surface area contributed by atoms with E-state index in [1.54, 1.807) is 12.1 Å². The van der Waals surface area contributed by atoms with Gasteiger partial charge in [-0.1, -0.05) is 26.0 Å². The average Bonchev–Trinajstić information content (AvgIpc) is 3.03. The Morgan fingerprint density at radius 1 is 1.32 bits per heavy atom. The first-order chi connectivity index (χ1) is 10.5. The van der Waals surface area contributed by atoms with E-state index >= 15 is 0 Å². The van der Waals surface area contributed by atoms with Crippen molar-refractivity contribution in [2.75, 3.05) is 6.54 Å². The van der Waals surface area contributed by atoms with Gasteiger partial charge >= 0.3 is 0 Å². The van der Waals surface area contributed by atoms with E-state index in [9.17, 15) is 9.18 Å². The van der Waals surface area contributed by atoms with Crippen LogP contribution in [0.1, 0.15) is 44.7 Å². The summed E-state index contributed by atoms with van der Waals surface area (Å²) in [5, 5.41) is 2.92. The van der Waals surface area contributed by atoms with Gasteiger partial charge in [0.25, 0.3) is 0 Å². The Labute approximate surface area is 130 Å². The molecule has 1 aliphatic rings. The zero-order valence-corrected chi connectivity index (χ0v) is 13.2. The summed E-state index contributed by atoms with van der Waals surface area (Å²) >= 11 is 0. The third-order valence-electron chi connectivity index (χ3n) is 4.51. The second-order valence-corrected chi connectivity index (χ2v) is 5.97. The van der Waals surface area contributed by atoms with Gasteiger partial charge in [-0.05, 0) is 37.0 Å². The molecule has 5 N–H and O–H groups in total. The fourth-order valence-electron chi connectivity index (χ4n) is 2.53. The van der Waals surface area contributed by atoms with Gasteiger partial charge in [0.15, 0.2) is 0 Å². The molecule has 122 valence electrons. The standard InChI is InChI=1S/C16H25FN4O/c1-3-16(18,4-2)10-19-15(22)14-9-13(20-21-14)11-5-7-12(17)8-6-11/h5-8,13-14,20-21H,3-4,9-10,18H2,1-2H3,(H,19,22). The molecule has 1 fully saturated rings. The van der Waals surface area contributed by atoms with Gasteiger partial charge in [0, 0.05) is 18.1 Å². The molecule has 22 heavy (non-hydrogen) atoms. The molecule has 0 radical (unpaired) electrons. The molecule has 0 spiro atoms. The number of hydrazine groups is 1. The van der Waals surface area contributed by atoms with E-state index in [1.807, 2.05) is 13.8 Å². The molecule has 2 atom stereocenters. The number of hydrogen-bond donors (Lipinski definition) is 4. The second kappa shape index (κ2) is 7.17. The highest BCUT2D eigenvalue weighted by Crippen LogP contribution is 2.22. The van der Waals surface area contributed by atoms with E-state index in [0.717, 1.165) is 18.4 Å². The molecule has 1 aliphatic heterocycles. The van der Waals surface area contributed by atoms with Crippen LogP contribution in [-0.2, 0) is 4.79 Å².